The van der Waals surface area contributed by atoms with Crippen LogP contribution in [0.25, 0.3) is 0 Å². The van der Waals surface area contributed by atoms with Crippen molar-refractivity contribution >= 4 is 11.8 Å². The van der Waals surface area contributed by atoms with Crippen molar-refractivity contribution in [3.05, 3.63) is 12.2 Å². The van der Waals surface area contributed by atoms with Crippen LogP contribution in [0.1, 0.15) is 27.2 Å². The molecular weight excluding hydrogens is 216 g/mol. The van der Waals surface area contributed by atoms with E-state index in [0.29, 0.717) is 32.6 Å². The summed E-state index contributed by atoms with van der Waals surface area (Å²) in [6.45, 7) is 12.2. The molecule has 1 heterocycles. The van der Waals surface area contributed by atoms with E-state index in [1.165, 1.54) is 0 Å². The fraction of sp³-hybridized carbons (Fsp3) is 0.692. The van der Waals surface area contributed by atoms with E-state index in [1.807, 2.05) is 20.8 Å². The Kier molecular flexibility index (Phi) is 4.73. The van der Waals surface area contributed by atoms with Gasteiger partial charge in [0.05, 0.1) is 5.92 Å². The van der Waals surface area contributed by atoms with E-state index in [2.05, 4.69) is 6.58 Å². The van der Waals surface area contributed by atoms with Crippen LogP contribution in [0.2, 0.25) is 0 Å². The van der Waals surface area contributed by atoms with Gasteiger partial charge in [-0.3, -0.25) is 9.59 Å². The third-order valence-electron chi connectivity index (χ3n) is 3.10. The first-order valence-electron chi connectivity index (χ1n) is 6.20. The number of rotatable bonds is 5. The van der Waals surface area contributed by atoms with Gasteiger partial charge in [0, 0.05) is 32.6 Å². The van der Waals surface area contributed by atoms with E-state index in [-0.39, 0.29) is 17.7 Å². The number of likely N-dealkylation sites (N-methyl/N-ethyl adjacent to an activating group) is 1. The van der Waals surface area contributed by atoms with E-state index in [4.69, 9.17) is 0 Å². The van der Waals surface area contributed by atoms with E-state index in [9.17, 15) is 9.59 Å². The molecule has 1 unspecified atom stereocenters. The van der Waals surface area contributed by atoms with E-state index in [1.54, 1.807) is 9.80 Å². The van der Waals surface area contributed by atoms with Crippen LogP contribution in [0.15, 0.2) is 12.2 Å². The number of carbonyl (C=O) groups excluding carboxylic acids is 2. The van der Waals surface area contributed by atoms with Crippen LogP contribution in [0, 0.1) is 5.92 Å². The Morgan fingerprint density at radius 3 is 2.59 bits per heavy atom. The molecule has 1 atom stereocenters. The first-order chi connectivity index (χ1) is 7.99. The smallest absolute Gasteiger partial charge is 0.228 e. The first kappa shape index (κ1) is 13.7. The lowest BCUT2D eigenvalue weighted by Gasteiger charge is -2.24. The van der Waals surface area contributed by atoms with Gasteiger partial charge < -0.3 is 9.80 Å². The second-order valence-electron chi connectivity index (χ2n) is 4.64. The zero-order chi connectivity index (χ0) is 13.0. The van der Waals surface area contributed by atoms with Crippen molar-refractivity contribution in [3.8, 4) is 0 Å². The summed E-state index contributed by atoms with van der Waals surface area (Å²) in [5.41, 5.74) is 0.969. The fourth-order valence-corrected chi connectivity index (χ4v) is 2.17. The van der Waals surface area contributed by atoms with Gasteiger partial charge in [0.1, 0.15) is 0 Å². The molecule has 0 aromatic carbocycles. The Morgan fingerprint density at radius 2 is 2.18 bits per heavy atom. The third kappa shape index (κ3) is 3.32. The highest BCUT2D eigenvalue weighted by Gasteiger charge is 2.35. The van der Waals surface area contributed by atoms with Gasteiger partial charge in [-0.15, -0.1) is 0 Å². The molecule has 4 heteroatoms. The van der Waals surface area contributed by atoms with Crippen molar-refractivity contribution in [2.45, 2.75) is 27.2 Å². The van der Waals surface area contributed by atoms with Gasteiger partial charge in [-0.25, -0.2) is 0 Å². The number of hydrogen-bond acceptors (Lipinski definition) is 2. The number of hydrogen-bond donors (Lipinski definition) is 0. The van der Waals surface area contributed by atoms with E-state index in [0.717, 1.165) is 5.57 Å². The molecule has 0 N–H and O–H groups in total. The summed E-state index contributed by atoms with van der Waals surface area (Å²) in [4.78, 5) is 27.3. The molecule has 0 bridgehead atoms. The lowest BCUT2D eigenvalue weighted by atomic mass is 10.1. The van der Waals surface area contributed by atoms with Crippen molar-refractivity contribution in [1.29, 1.82) is 0 Å². The minimum absolute atomic E-state index is 0.0831. The summed E-state index contributed by atoms with van der Waals surface area (Å²) < 4.78 is 0. The van der Waals surface area contributed by atoms with Crippen LogP contribution in [-0.2, 0) is 9.59 Å². The molecule has 1 aliphatic rings. The second kappa shape index (κ2) is 5.84. The van der Waals surface area contributed by atoms with E-state index < -0.39 is 0 Å². The van der Waals surface area contributed by atoms with Crippen LogP contribution in [0.4, 0.5) is 0 Å². The van der Waals surface area contributed by atoms with Crippen LogP contribution in [0.3, 0.4) is 0 Å². The molecule has 0 spiro atoms. The summed E-state index contributed by atoms with van der Waals surface area (Å²) in [6.07, 6.45) is 0.360. The maximum atomic E-state index is 12.2. The number of nitrogens with zero attached hydrogens (tertiary/aromatic N) is 2. The largest absolute Gasteiger partial charge is 0.342 e. The average Bonchev–Trinajstić information content (AvgIpc) is 2.66. The Hall–Kier alpha value is -1.32. The standard InChI is InChI=1S/C13H22N2O2/c1-5-14-9-11(7-12(14)16)13(17)15(6-2)8-10(3)4/h11H,3,5-9H2,1-2,4H3. The minimum atomic E-state index is -0.165. The molecule has 0 aromatic rings. The summed E-state index contributed by atoms with van der Waals surface area (Å²) in [5.74, 6) is 0.0128. The maximum absolute atomic E-state index is 12.2. The average molecular weight is 238 g/mol. The predicted molar refractivity (Wildman–Crippen MR) is 67.4 cm³/mol. The topological polar surface area (TPSA) is 40.6 Å². The molecule has 0 aliphatic carbocycles. The number of carbonyl (C=O) groups is 2. The Labute approximate surface area is 103 Å². The van der Waals surface area contributed by atoms with Gasteiger partial charge in [0.25, 0.3) is 0 Å². The Balaban J connectivity index is 2.63. The van der Waals surface area contributed by atoms with Crippen molar-refractivity contribution < 1.29 is 9.59 Å². The Bertz CT molecular complexity index is 325. The number of amides is 2. The zero-order valence-electron chi connectivity index (χ0n) is 11.0. The quantitative estimate of drug-likeness (QED) is 0.677. The van der Waals surface area contributed by atoms with Crippen LogP contribution >= 0.6 is 0 Å². The second-order valence-corrected chi connectivity index (χ2v) is 4.64. The molecule has 1 rings (SSSR count). The lowest BCUT2D eigenvalue weighted by molar-refractivity contribution is -0.135. The molecule has 0 radical (unpaired) electrons. The van der Waals surface area contributed by atoms with Crippen LogP contribution < -0.4 is 0 Å². The highest BCUT2D eigenvalue weighted by molar-refractivity contribution is 5.89. The van der Waals surface area contributed by atoms with Crippen molar-refractivity contribution in [2.75, 3.05) is 26.2 Å². The normalized spacial score (nSPS) is 19.6. The third-order valence-corrected chi connectivity index (χ3v) is 3.10. The molecule has 1 aliphatic heterocycles. The molecule has 1 saturated heterocycles. The highest BCUT2D eigenvalue weighted by atomic mass is 16.2. The van der Waals surface area contributed by atoms with Crippen molar-refractivity contribution in [3.63, 3.8) is 0 Å². The summed E-state index contributed by atoms with van der Waals surface area (Å²) in [7, 11) is 0. The van der Waals surface area contributed by atoms with Crippen LogP contribution in [0.5, 0.6) is 0 Å². The Morgan fingerprint density at radius 1 is 1.53 bits per heavy atom. The molecule has 1 fully saturated rings. The summed E-state index contributed by atoms with van der Waals surface area (Å²) in [5, 5.41) is 0. The zero-order valence-corrected chi connectivity index (χ0v) is 11.0. The van der Waals surface area contributed by atoms with E-state index >= 15 is 0 Å². The summed E-state index contributed by atoms with van der Waals surface area (Å²) in [6, 6.07) is 0. The molecule has 0 aromatic heterocycles. The molecular formula is C13H22N2O2. The van der Waals surface area contributed by atoms with Gasteiger partial charge in [0.2, 0.25) is 11.8 Å². The van der Waals surface area contributed by atoms with Crippen molar-refractivity contribution in [1.82, 2.24) is 9.80 Å². The minimum Gasteiger partial charge on any atom is -0.342 e. The molecule has 0 saturated carbocycles. The maximum Gasteiger partial charge on any atom is 0.228 e. The summed E-state index contributed by atoms with van der Waals surface area (Å²) >= 11 is 0. The molecule has 96 valence electrons. The van der Waals surface area contributed by atoms with Crippen molar-refractivity contribution in [2.24, 2.45) is 5.92 Å². The van der Waals surface area contributed by atoms with Gasteiger partial charge in [-0.05, 0) is 20.8 Å². The van der Waals surface area contributed by atoms with Gasteiger partial charge in [0.15, 0.2) is 0 Å². The molecule has 2 amide bonds. The lowest BCUT2D eigenvalue weighted by Crippen LogP contribution is -2.38. The molecule has 4 nitrogen and oxygen atoms in total. The first-order valence-corrected chi connectivity index (χ1v) is 6.20. The molecule has 17 heavy (non-hydrogen) atoms. The van der Waals surface area contributed by atoms with Gasteiger partial charge >= 0.3 is 0 Å². The monoisotopic (exact) mass is 238 g/mol. The fourth-order valence-electron chi connectivity index (χ4n) is 2.17. The SMILES string of the molecule is C=C(C)CN(CC)C(=O)C1CC(=O)N(CC)C1. The van der Waals surface area contributed by atoms with Crippen LogP contribution in [-0.4, -0.2) is 47.8 Å². The van der Waals surface area contributed by atoms with Gasteiger partial charge in [-0.2, -0.15) is 0 Å². The predicted octanol–water partition coefficient (Wildman–Crippen LogP) is 1.28. The number of likely N-dealkylation sites (tertiary alicyclic amines) is 1. The van der Waals surface area contributed by atoms with Gasteiger partial charge in [-0.1, -0.05) is 12.2 Å². The highest BCUT2D eigenvalue weighted by Crippen LogP contribution is 2.20.